The van der Waals surface area contributed by atoms with E-state index in [0.29, 0.717) is 17.9 Å². The average molecular weight is 311 g/mol. The highest BCUT2D eigenvalue weighted by molar-refractivity contribution is 5.81. The Morgan fingerprint density at radius 2 is 1.41 bits per heavy atom. The van der Waals surface area contributed by atoms with Crippen molar-refractivity contribution in [3.63, 3.8) is 0 Å². The van der Waals surface area contributed by atoms with Crippen LogP contribution < -0.4 is 0 Å². The van der Waals surface area contributed by atoms with Gasteiger partial charge in [-0.15, -0.1) is 0 Å². The monoisotopic (exact) mass is 310 g/mol. The zero-order valence-corrected chi connectivity index (χ0v) is 16.7. The van der Waals surface area contributed by atoms with Crippen LogP contribution in [0.15, 0.2) is 0 Å². The third-order valence-corrected chi connectivity index (χ3v) is 5.20. The third-order valence-electron chi connectivity index (χ3n) is 5.20. The van der Waals surface area contributed by atoms with E-state index in [2.05, 4.69) is 33.8 Å². The van der Waals surface area contributed by atoms with E-state index in [9.17, 15) is 4.79 Å². The van der Waals surface area contributed by atoms with Gasteiger partial charge in [-0.05, 0) is 39.0 Å². The first-order valence-corrected chi connectivity index (χ1v) is 8.46. The van der Waals surface area contributed by atoms with E-state index < -0.39 is 0 Å². The van der Waals surface area contributed by atoms with Crippen LogP contribution in [0.5, 0.6) is 0 Å². The predicted octanol–water partition coefficient (Wildman–Crippen LogP) is 5.12. The van der Waals surface area contributed by atoms with Gasteiger partial charge in [-0.25, -0.2) is 0 Å². The maximum absolute atomic E-state index is 11.8. The fourth-order valence-corrected chi connectivity index (χ4v) is 1.79. The third kappa shape index (κ3) is 6.38. The van der Waals surface area contributed by atoms with Gasteiger partial charge in [0, 0.05) is 18.5 Å². The van der Waals surface area contributed by atoms with Gasteiger partial charge in [0.2, 0.25) is 5.91 Å². The van der Waals surface area contributed by atoms with Gasteiger partial charge in [-0.3, -0.25) is 4.79 Å². The molecule has 3 heteroatoms. The Bertz CT molecular complexity index is 367. The van der Waals surface area contributed by atoms with Crippen LogP contribution in [0.25, 0.3) is 0 Å². The van der Waals surface area contributed by atoms with Gasteiger partial charge in [0.1, 0.15) is 0 Å². The summed E-state index contributed by atoms with van der Waals surface area (Å²) in [4.78, 5) is 13.6. The lowest BCUT2D eigenvalue weighted by Crippen LogP contribution is -2.41. The summed E-state index contributed by atoms with van der Waals surface area (Å²) in [6, 6.07) is 2.67. The van der Waals surface area contributed by atoms with Crippen LogP contribution in [0, 0.1) is 34.0 Å². The molecule has 0 aliphatic heterocycles. The van der Waals surface area contributed by atoms with Gasteiger partial charge < -0.3 is 4.90 Å². The summed E-state index contributed by atoms with van der Waals surface area (Å²) in [5.41, 5.74) is -0.362. The molecule has 0 aromatic heterocycles. The van der Waals surface area contributed by atoms with Crippen molar-refractivity contribution in [2.75, 3.05) is 7.05 Å². The topological polar surface area (TPSA) is 44.1 Å². The average Bonchev–Trinajstić information content (AvgIpc) is 2.44. The zero-order chi connectivity index (χ0) is 18.3. The first-order valence-electron chi connectivity index (χ1n) is 8.46. The van der Waals surface area contributed by atoms with Crippen LogP contribution in [0.1, 0.15) is 75.7 Å². The van der Waals surface area contributed by atoms with Crippen LogP contribution in [0.3, 0.4) is 0 Å². The SMILES string of the molecule is CC(C)C(C)(C#N)C(C)C.CCC(C)(C)C(=O)N(C)C(C)C. The number of carbonyl (C=O) groups excluding carboxylic acids is 1. The van der Waals surface area contributed by atoms with Crippen LogP contribution in [0.4, 0.5) is 0 Å². The maximum Gasteiger partial charge on any atom is 0.228 e. The predicted molar refractivity (Wildman–Crippen MR) is 95.4 cm³/mol. The van der Waals surface area contributed by atoms with Gasteiger partial charge in [0.25, 0.3) is 0 Å². The Balaban J connectivity index is 0. The smallest absolute Gasteiger partial charge is 0.228 e. The number of rotatable bonds is 5. The van der Waals surface area contributed by atoms with E-state index in [-0.39, 0.29) is 16.7 Å². The Morgan fingerprint density at radius 3 is 1.55 bits per heavy atom. The molecule has 22 heavy (non-hydrogen) atoms. The molecule has 0 aromatic carbocycles. The molecule has 0 unspecified atom stereocenters. The van der Waals surface area contributed by atoms with E-state index in [4.69, 9.17) is 5.26 Å². The van der Waals surface area contributed by atoms with E-state index in [1.807, 2.05) is 53.5 Å². The van der Waals surface area contributed by atoms with Crippen LogP contribution >= 0.6 is 0 Å². The molecule has 0 rings (SSSR count). The minimum absolute atomic E-state index is 0.153. The minimum Gasteiger partial charge on any atom is -0.343 e. The molecular weight excluding hydrogens is 272 g/mol. The zero-order valence-electron chi connectivity index (χ0n) is 16.7. The molecule has 0 fully saturated rings. The first-order chi connectivity index (χ1) is 9.77. The second-order valence-electron chi connectivity index (χ2n) is 7.95. The van der Waals surface area contributed by atoms with Crippen molar-refractivity contribution < 1.29 is 4.79 Å². The Kier molecular flexibility index (Phi) is 9.69. The lowest BCUT2D eigenvalue weighted by molar-refractivity contribution is -0.140. The van der Waals surface area contributed by atoms with Gasteiger partial charge in [-0.1, -0.05) is 48.5 Å². The van der Waals surface area contributed by atoms with Gasteiger partial charge in [-0.2, -0.15) is 5.26 Å². The molecule has 0 saturated heterocycles. The molecule has 0 bridgehead atoms. The van der Waals surface area contributed by atoms with Crippen molar-refractivity contribution in [3.8, 4) is 6.07 Å². The Hall–Kier alpha value is -1.04. The summed E-state index contributed by atoms with van der Waals surface area (Å²) in [6.45, 7) is 20.5. The first kappa shape index (κ1) is 23.2. The molecule has 0 saturated carbocycles. The van der Waals surface area contributed by atoms with Crippen LogP contribution in [-0.4, -0.2) is 23.9 Å². The fraction of sp³-hybridized carbons (Fsp3) is 0.895. The number of nitriles is 1. The second kappa shape index (κ2) is 9.18. The van der Waals surface area contributed by atoms with Crippen molar-refractivity contribution in [1.29, 1.82) is 5.26 Å². The highest BCUT2D eigenvalue weighted by Crippen LogP contribution is 2.33. The van der Waals surface area contributed by atoms with E-state index in [0.717, 1.165) is 6.42 Å². The molecule has 0 aromatic rings. The van der Waals surface area contributed by atoms with E-state index in [1.165, 1.54) is 0 Å². The molecular formula is C19H38N2O. The summed E-state index contributed by atoms with van der Waals surface area (Å²) in [5.74, 6) is 1.12. The van der Waals surface area contributed by atoms with Crippen LogP contribution in [0.2, 0.25) is 0 Å². The Labute approximate surface area is 139 Å². The largest absolute Gasteiger partial charge is 0.343 e. The van der Waals surface area contributed by atoms with Gasteiger partial charge in [0.15, 0.2) is 0 Å². The lowest BCUT2D eigenvalue weighted by Gasteiger charge is -2.30. The molecule has 0 N–H and O–H groups in total. The molecule has 0 heterocycles. The maximum atomic E-state index is 11.8. The van der Waals surface area contributed by atoms with E-state index in [1.54, 1.807) is 0 Å². The summed E-state index contributed by atoms with van der Waals surface area (Å²) in [6.07, 6.45) is 0.892. The van der Waals surface area contributed by atoms with Crippen molar-refractivity contribution in [3.05, 3.63) is 0 Å². The summed E-state index contributed by atoms with van der Waals surface area (Å²) in [5, 5.41) is 8.88. The van der Waals surface area contributed by atoms with Crippen molar-refractivity contribution >= 4 is 5.91 Å². The standard InChI is InChI=1S/C10H21NO.C9H17N/c1-7-10(4,5)9(12)11(6)8(2)3;1-7(2)9(5,6-10)8(3)4/h8H,7H2,1-6H3;7-8H,1-5H3. The van der Waals surface area contributed by atoms with Crippen molar-refractivity contribution in [1.82, 2.24) is 4.90 Å². The fourth-order valence-electron chi connectivity index (χ4n) is 1.79. The number of hydrogen-bond acceptors (Lipinski definition) is 2. The molecule has 130 valence electrons. The summed E-state index contributed by atoms with van der Waals surface area (Å²) >= 11 is 0. The van der Waals surface area contributed by atoms with E-state index >= 15 is 0 Å². The highest BCUT2D eigenvalue weighted by Gasteiger charge is 2.31. The molecule has 0 radical (unpaired) electrons. The van der Waals surface area contributed by atoms with Crippen LogP contribution in [-0.2, 0) is 4.79 Å². The molecule has 1 amide bonds. The lowest BCUT2D eigenvalue weighted by atomic mass is 9.72. The number of nitrogens with zero attached hydrogens (tertiary/aromatic N) is 2. The Morgan fingerprint density at radius 1 is 1.05 bits per heavy atom. The number of carbonyl (C=O) groups is 1. The van der Waals surface area contributed by atoms with Gasteiger partial charge >= 0.3 is 0 Å². The normalized spacial score (nSPS) is 12.0. The summed E-state index contributed by atoms with van der Waals surface area (Å²) < 4.78 is 0. The van der Waals surface area contributed by atoms with Gasteiger partial charge in [0.05, 0.1) is 11.5 Å². The number of amides is 1. The highest BCUT2D eigenvalue weighted by atomic mass is 16.2. The molecule has 0 aliphatic carbocycles. The molecule has 0 aliphatic rings. The van der Waals surface area contributed by atoms with Crippen molar-refractivity contribution in [2.45, 2.75) is 81.7 Å². The molecule has 3 nitrogen and oxygen atoms in total. The summed E-state index contributed by atoms with van der Waals surface area (Å²) in [7, 11) is 1.87. The van der Waals surface area contributed by atoms with Crippen molar-refractivity contribution in [2.24, 2.45) is 22.7 Å². The quantitative estimate of drug-likeness (QED) is 0.707. The number of hydrogen-bond donors (Lipinski definition) is 0. The molecule has 0 spiro atoms. The minimum atomic E-state index is -0.209. The second-order valence-corrected chi connectivity index (χ2v) is 7.95. The molecule has 0 atom stereocenters.